The maximum atomic E-state index is 13.7. The molecule has 9 heteroatoms. The molecule has 0 aromatic heterocycles. The van der Waals surface area contributed by atoms with E-state index in [1.807, 2.05) is 26.0 Å². The predicted molar refractivity (Wildman–Crippen MR) is 162 cm³/mol. The Morgan fingerprint density at radius 3 is 2.32 bits per heavy atom. The van der Waals surface area contributed by atoms with Crippen molar-refractivity contribution in [1.82, 2.24) is 10.6 Å². The van der Waals surface area contributed by atoms with Crippen LogP contribution in [0, 0.1) is 11.8 Å². The highest BCUT2D eigenvalue weighted by molar-refractivity contribution is 5.86. The Kier molecular flexibility index (Phi) is 11.0. The lowest BCUT2D eigenvalue weighted by Crippen LogP contribution is -2.44. The van der Waals surface area contributed by atoms with Crippen LogP contribution in [0.15, 0.2) is 29.1 Å². The van der Waals surface area contributed by atoms with E-state index in [1.54, 1.807) is 33.5 Å². The molecular weight excluding hydrogens is 522 g/mol. The summed E-state index contributed by atoms with van der Waals surface area (Å²) in [6, 6.07) is 6.06. The first kappa shape index (κ1) is 31.8. The van der Waals surface area contributed by atoms with Crippen LogP contribution in [0.1, 0.15) is 71.0 Å². The second kappa shape index (κ2) is 14.2. The SMILES string of the molecule is CCC(C)C(Nc1ccc2c(cc1=O)C(NC(C)=O)CCc1cc(OC)c(OC)c(OC)c1-2)C(=O)NCCC(C)C. The van der Waals surface area contributed by atoms with Gasteiger partial charge in [-0.2, -0.15) is 0 Å². The van der Waals surface area contributed by atoms with Crippen molar-refractivity contribution < 1.29 is 23.8 Å². The third-order valence-electron chi connectivity index (χ3n) is 7.74. The van der Waals surface area contributed by atoms with Crippen molar-refractivity contribution >= 4 is 17.5 Å². The van der Waals surface area contributed by atoms with E-state index in [0.717, 1.165) is 29.5 Å². The number of nitrogens with one attached hydrogen (secondary N) is 3. The van der Waals surface area contributed by atoms with Gasteiger partial charge in [-0.05, 0) is 66.0 Å². The Morgan fingerprint density at radius 2 is 1.73 bits per heavy atom. The van der Waals surface area contributed by atoms with Crippen LogP contribution in [0.5, 0.6) is 17.2 Å². The number of rotatable bonds is 12. The van der Waals surface area contributed by atoms with Gasteiger partial charge in [0.05, 0.1) is 33.1 Å². The van der Waals surface area contributed by atoms with Gasteiger partial charge in [-0.3, -0.25) is 14.4 Å². The number of methoxy groups -OCH3 is 3. The van der Waals surface area contributed by atoms with Crippen molar-refractivity contribution in [1.29, 1.82) is 0 Å². The maximum Gasteiger partial charge on any atom is 0.242 e. The topological polar surface area (TPSA) is 115 Å². The molecule has 3 unspecified atom stereocenters. The number of fused-ring (bicyclic) bond motifs is 3. The Labute approximate surface area is 243 Å². The van der Waals surface area contributed by atoms with Gasteiger partial charge in [-0.15, -0.1) is 0 Å². The largest absolute Gasteiger partial charge is 0.493 e. The van der Waals surface area contributed by atoms with Gasteiger partial charge in [0.1, 0.15) is 6.04 Å². The second-order valence-electron chi connectivity index (χ2n) is 11.1. The molecular formula is C32H45N3O6. The Bertz CT molecular complexity index is 1310. The molecule has 2 amide bonds. The van der Waals surface area contributed by atoms with Crippen LogP contribution in [0.2, 0.25) is 0 Å². The normalized spacial score (nSPS) is 15.5. The molecule has 1 aliphatic rings. The molecule has 0 heterocycles. The van der Waals surface area contributed by atoms with Crippen molar-refractivity contribution in [3.8, 4) is 28.4 Å². The van der Waals surface area contributed by atoms with Crippen LogP contribution < -0.4 is 35.6 Å². The van der Waals surface area contributed by atoms with Crippen molar-refractivity contribution in [3.05, 3.63) is 45.6 Å². The van der Waals surface area contributed by atoms with E-state index in [9.17, 15) is 14.4 Å². The lowest BCUT2D eigenvalue weighted by molar-refractivity contribution is -0.123. The molecule has 9 nitrogen and oxygen atoms in total. The van der Waals surface area contributed by atoms with E-state index in [1.165, 1.54) is 6.92 Å². The Morgan fingerprint density at radius 1 is 1.02 bits per heavy atom. The van der Waals surface area contributed by atoms with Crippen LogP contribution in [0.4, 0.5) is 5.69 Å². The van der Waals surface area contributed by atoms with Crippen molar-refractivity contribution in [3.63, 3.8) is 0 Å². The Balaban J connectivity index is 2.19. The number of amides is 2. The summed E-state index contributed by atoms with van der Waals surface area (Å²) >= 11 is 0. The second-order valence-corrected chi connectivity index (χ2v) is 11.1. The van der Waals surface area contributed by atoms with Gasteiger partial charge in [-0.25, -0.2) is 0 Å². The summed E-state index contributed by atoms with van der Waals surface area (Å²) in [5.74, 6) is 1.60. The summed E-state index contributed by atoms with van der Waals surface area (Å²) in [6.07, 6.45) is 2.81. The van der Waals surface area contributed by atoms with Gasteiger partial charge < -0.3 is 30.2 Å². The first-order valence-corrected chi connectivity index (χ1v) is 14.4. The van der Waals surface area contributed by atoms with Crippen LogP contribution in [0.3, 0.4) is 0 Å². The molecule has 1 aliphatic carbocycles. The van der Waals surface area contributed by atoms with Gasteiger partial charge in [0, 0.05) is 19.0 Å². The molecule has 0 aliphatic heterocycles. The van der Waals surface area contributed by atoms with Crippen molar-refractivity contribution in [2.24, 2.45) is 11.8 Å². The minimum absolute atomic E-state index is 0.0125. The lowest BCUT2D eigenvalue weighted by Gasteiger charge is -2.24. The highest BCUT2D eigenvalue weighted by Gasteiger charge is 2.30. The number of ether oxygens (including phenoxy) is 3. The molecule has 0 radical (unpaired) electrons. The van der Waals surface area contributed by atoms with Crippen molar-refractivity contribution in [2.75, 3.05) is 33.2 Å². The molecule has 0 spiro atoms. The highest BCUT2D eigenvalue weighted by Crippen LogP contribution is 2.50. The molecule has 41 heavy (non-hydrogen) atoms. The molecule has 0 bridgehead atoms. The smallest absolute Gasteiger partial charge is 0.242 e. The number of benzene rings is 1. The number of carbonyl (C=O) groups is 2. The zero-order valence-electron chi connectivity index (χ0n) is 25.6. The molecule has 3 N–H and O–H groups in total. The molecule has 224 valence electrons. The van der Waals surface area contributed by atoms with E-state index in [2.05, 4.69) is 29.8 Å². The average molecular weight is 568 g/mol. The van der Waals surface area contributed by atoms with E-state index in [0.29, 0.717) is 53.8 Å². The van der Waals surface area contributed by atoms with Gasteiger partial charge in [0.2, 0.25) is 23.0 Å². The lowest BCUT2D eigenvalue weighted by atomic mass is 9.95. The van der Waals surface area contributed by atoms with Crippen molar-refractivity contribution in [2.45, 2.75) is 72.4 Å². The van der Waals surface area contributed by atoms with Gasteiger partial charge in [0.25, 0.3) is 0 Å². The van der Waals surface area contributed by atoms with Crippen LogP contribution in [-0.4, -0.2) is 45.7 Å². The van der Waals surface area contributed by atoms with Crippen LogP contribution >= 0.6 is 0 Å². The first-order chi connectivity index (χ1) is 19.6. The number of hydrogen-bond donors (Lipinski definition) is 3. The molecule has 2 aromatic rings. The summed E-state index contributed by atoms with van der Waals surface area (Å²) in [6.45, 7) is 10.3. The third kappa shape index (κ3) is 7.31. The Hall–Kier alpha value is -3.75. The summed E-state index contributed by atoms with van der Waals surface area (Å²) in [4.78, 5) is 39.1. The van der Waals surface area contributed by atoms with Crippen LogP contribution in [-0.2, 0) is 16.0 Å². The molecule has 3 rings (SSSR count). The van der Waals surface area contributed by atoms with E-state index >= 15 is 0 Å². The molecule has 2 aromatic carbocycles. The summed E-state index contributed by atoms with van der Waals surface area (Å²) in [5.41, 5.74) is 3.17. The summed E-state index contributed by atoms with van der Waals surface area (Å²) < 4.78 is 17.1. The average Bonchev–Trinajstić information content (AvgIpc) is 3.18. The zero-order valence-corrected chi connectivity index (χ0v) is 25.6. The zero-order chi connectivity index (χ0) is 30.3. The third-order valence-corrected chi connectivity index (χ3v) is 7.74. The number of aryl methyl sites for hydroxylation is 1. The fourth-order valence-corrected chi connectivity index (χ4v) is 5.29. The first-order valence-electron chi connectivity index (χ1n) is 14.4. The maximum absolute atomic E-state index is 13.7. The molecule has 3 atom stereocenters. The molecule has 0 saturated heterocycles. The number of anilines is 1. The molecule has 0 fully saturated rings. The fraction of sp³-hybridized carbons (Fsp3) is 0.531. The molecule has 0 saturated carbocycles. The number of hydrogen-bond acceptors (Lipinski definition) is 7. The van der Waals surface area contributed by atoms with E-state index in [-0.39, 0.29) is 23.2 Å². The van der Waals surface area contributed by atoms with Gasteiger partial charge in [-0.1, -0.05) is 40.2 Å². The van der Waals surface area contributed by atoms with Gasteiger partial charge in [0.15, 0.2) is 11.5 Å². The minimum atomic E-state index is -0.584. The van der Waals surface area contributed by atoms with E-state index in [4.69, 9.17) is 14.2 Å². The standard InChI is InChI=1S/C32H45N3O6/c1-9-19(4)29(32(38)33-15-14-18(2)3)35-25-13-11-22-23(17-26(25)37)24(34-20(5)36)12-10-21-16-27(39-6)30(40-7)31(41-8)28(21)22/h11,13,16-19,24,29H,9-10,12,14-15H2,1-8H3,(H,33,38)(H,34,36)(H,35,37). The predicted octanol–water partition coefficient (Wildman–Crippen LogP) is 4.85. The van der Waals surface area contributed by atoms with Crippen LogP contribution in [0.25, 0.3) is 11.1 Å². The summed E-state index contributed by atoms with van der Waals surface area (Å²) in [7, 11) is 4.69. The van der Waals surface area contributed by atoms with E-state index < -0.39 is 12.1 Å². The summed E-state index contributed by atoms with van der Waals surface area (Å²) in [5, 5.41) is 9.30. The fourth-order valence-electron chi connectivity index (χ4n) is 5.29. The minimum Gasteiger partial charge on any atom is -0.493 e. The number of carbonyl (C=O) groups excluding carboxylic acids is 2. The highest BCUT2D eigenvalue weighted by atomic mass is 16.5. The van der Waals surface area contributed by atoms with Gasteiger partial charge >= 0.3 is 0 Å². The quantitative estimate of drug-likeness (QED) is 0.336. The monoisotopic (exact) mass is 567 g/mol.